The zero-order chi connectivity index (χ0) is 20.7. The molecule has 0 saturated carbocycles. The van der Waals surface area contributed by atoms with E-state index >= 15 is 0 Å². The van der Waals surface area contributed by atoms with Gasteiger partial charge in [-0.25, -0.2) is 0 Å². The molecule has 1 saturated heterocycles. The molecule has 0 bridgehead atoms. The van der Waals surface area contributed by atoms with E-state index in [4.69, 9.17) is 12.2 Å². The van der Waals surface area contributed by atoms with E-state index in [1.54, 1.807) is 0 Å². The predicted molar refractivity (Wildman–Crippen MR) is 131 cm³/mol. The molecule has 150 valence electrons. The third-order valence-electron chi connectivity index (χ3n) is 5.58. The number of rotatable bonds is 4. The van der Waals surface area contributed by atoms with E-state index < -0.39 is 0 Å². The Morgan fingerprint density at radius 1 is 1.07 bits per heavy atom. The van der Waals surface area contributed by atoms with Gasteiger partial charge in [-0.1, -0.05) is 32.0 Å². The number of nitrogens with one attached hydrogen (secondary N) is 2. The highest BCUT2D eigenvalue weighted by molar-refractivity contribution is 14.1. The fourth-order valence-corrected chi connectivity index (χ4v) is 5.27. The number of hydrogen-bond acceptors (Lipinski definition) is 2. The summed E-state index contributed by atoms with van der Waals surface area (Å²) in [5.41, 5.74) is 7.06. The first-order valence-electron chi connectivity index (χ1n) is 9.83. The summed E-state index contributed by atoms with van der Waals surface area (Å²) in [7, 11) is 0. The van der Waals surface area contributed by atoms with Crippen LogP contribution in [0.15, 0.2) is 48.7 Å². The summed E-state index contributed by atoms with van der Waals surface area (Å²) in [5.74, 6) is 0.500. The van der Waals surface area contributed by atoms with E-state index in [2.05, 4.69) is 101 Å². The maximum Gasteiger partial charge on any atom is 0.174 e. The molecular weight excluding hydrogens is 491 g/mol. The van der Waals surface area contributed by atoms with Crippen LogP contribution in [0, 0.1) is 17.4 Å². The van der Waals surface area contributed by atoms with Gasteiger partial charge in [0.15, 0.2) is 5.11 Å². The van der Waals surface area contributed by atoms with Crippen molar-refractivity contribution in [3.8, 4) is 0 Å². The summed E-state index contributed by atoms with van der Waals surface area (Å²) in [5, 5.41) is 4.28. The normalized spacial score (nSPS) is 19.1. The number of halogens is 1. The summed E-state index contributed by atoms with van der Waals surface area (Å²) in [6, 6.07) is 14.8. The maximum atomic E-state index is 5.83. The van der Waals surface area contributed by atoms with Crippen LogP contribution < -0.4 is 10.2 Å². The minimum absolute atomic E-state index is 0.0177. The van der Waals surface area contributed by atoms with Gasteiger partial charge in [-0.2, -0.15) is 0 Å². The van der Waals surface area contributed by atoms with Gasteiger partial charge in [0.05, 0.1) is 17.8 Å². The zero-order valence-electron chi connectivity index (χ0n) is 17.0. The fraction of sp³-hybridized carbons (Fsp3) is 0.304. The van der Waals surface area contributed by atoms with Crippen molar-refractivity contribution >= 4 is 45.6 Å². The van der Waals surface area contributed by atoms with Crippen molar-refractivity contribution in [2.24, 2.45) is 0 Å². The number of thiocarbonyl (C=S) groups is 1. The van der Waals surface area contributed by atoms with Crippen molar-refractivity contribution in [1.82, 2.24) is 15.3 Å². The number of aromatic nitrogens is 2. The highest BCUT2D eigenvalue weighted by Gasteiger charge is 2.42. The van der Waals surface area contributed by atoms with E-state index in [1.807, 2.05) is 18.3 Å². The smallest absolute Gasteiger partial charge is 0.174 e. The molecule has 1 aromatic carbocycles. The molecule has 3 heterocycles. The Bertz CT molecular complexity index is 1030. The van der Waals surface area contributed by atoms with Gasteiger partial charge in [-0.05, 0) is 84.4 Å². The number of benzene rings is 1. The van der Waals surface area contributed by atoms with Crippen molar-refractivity contribution in [2.45, 2.75) is 45.7 Å². The van der Waals surface area contributed by atoms with Crippen LogP contribution >= 0.6 is 34.8 Å². The van der Waals surface area contributed by atoms with Crippen molar-refractivity contribution in [2.75, 3.05) is 4.90 Å². The molecule has 1 aliphatic rings. The molecule has 0 radical (unpaired) electrons. The number of anilines is 1. The van der Waals surface area contributed by atoms with Crippen LogP contribution in [0.3, 0.4) is 0 Å². The maximum absolute atomic E-state index is 5.83. The molecule has 4 nitrogen and oxygen atoms in total. The summed E-state index contributed by atoms with van der Waals surface area (Å²) >= 11 is 8.27. The first-order chi connectivity index (χ1) is 13.9. The third kappa shape index (κ3) is 3.68. The molecule has 3 aromatic rings. The lowest BCUT2D eigenvalue weighted by Gasteiger charge is -2.28. The molecular formula is C23H25IN4S. The van der Waals surface area contributed by atoms with E-state index in [-0.39, 0.29) is 12.1 Å². The van der Waals surface area contributed by atoms with E-state index in [0.29, 0.717) is 5.92 Å². The van der Waals surface area contributed by atoms with Gasteiger partial charge >= 0.3 is 0 Å². The highest BCUT2D eigenvalue weighted by atomic mass is 127. The lowest BCUT2D eigenvalue weighted by Crippen LogP contribution is -2.29. The Labute approximate surface area is 191 Å². The van der Waals surface area contributed by atoms with Gasteiger partial charge in [0, 0.05) is 32.4 Å². The zero-order valence-corrected chi connectivity index (χ0v) is 20.0. The minimum atomic E-state index is -0.0177. The van der Waals surface area contributed by atoms with Crippen molar-refractivity contribution in [1.29, 1.82) is 0 Å². The summed E-state index contributed by atoms with van der Waals surface area (Å²) in [4.78, 5) is 10.4. The van der Waals surface area contributed by atoms with Crippen LogP contribution in [0.25, 0.3) is 0 Å². The standard InChI is InChI=1S/C23H25IN4S/c1-13(2)16-8-10-17(11-9-16)28-22(19-14(3)26-15(4)20(19)24)21(27-23(28)29)18-7-5-6-12-25-18/h5-13,21-22,26H,1-4H3,(H,27,29). The molecule has 2 N–H and O–H groups in total. The van der Waals surface area contributed by atoms with Crippen molar-refractivity contribution in [3.05, 3.63) is 80.4 Å². The monoisotopic (exact) mass is 516 g/mol. The molecule has 2 aromatic heterocycles. The minimum Gasteiger partial charge on any atom is -0.362 e. The molecule has 1 fully saturated rings. The number of nitrogens with zero attached hydrogens (tertiary/aromatic N) is 2. The largest absolute Gasteiger partial charge is 0.362 e. The van der Waals surface area contributed by atoms with Crippen molar-refractivity contribution < 1.29 is 0 Å². The molecule has 2 unspecified atom stereocenters. The average Bonchev–Trinajstić information content (AvgIpc) is 3.17. The highest BCUT2D eigenvalue weighted by Crippen LogP contribution is 2.44. The van der Waals surface area contributed by atoms with Gasteiger partial charge in [-0.3, -0.25) is 4.98 Å². The summed E-state index contributed by atoms with van der Waals surface area (Å²) in [6.07, 6.45) is 1.84. The number of H-pyrrole nitrogens is 1. The topological polar surface area (TPSA) is 44.0 Å². The number of hydrogen-bond donors (Lipinski definition) is 2. The van der Waals surface area contributed by atoms with E-state index in [0.717, 1.165) is 16.5 Å². The summed E-state index contributed by atoms with van der Waals surface area (Å²) in [6.45, 7) is 8.69. The average molecular weight is 516 g/mol. The third-order valence-corrected chi connectivity index (χ3v) is 7.28. The Balaban J connectivity index is 1.85. The predicted octanol–water partition coefficient (Wildman–Crippen LogP) is 5.93. The molecule has 0 spiro atoms. The molecule has 0 amide bonds. The number of aromatic amines is 1. The number of pyridine rings is 1. The first-order valence-corrected chi connectivity index (χ1v) is 11.3. The van der Waals surface area contributed by atoms with Crippen LogP contribution in [0.5, 0.6) is 0 Å². The van der Waals surface area contributed by atoms with Crippen LogP contribution in [0.1, 0.15) is 60.1 Å². The molecule has 2 atom stereocenters. The first kappa shape index (κ1) is 20.3. The Kier molecular flexibility index (Phi) is 5.66. The van der Waals surface area contributed by atoms with Crippen LogP contribution in [0.2, 0.25) is 0 Å². The summed E-state index contributed by atoms with van der Waals surface area (Å²) < 4.78 is 1.25. The Morgan fingerprint density at radius 3 is 2.34 bits per heavy atom. The van der Waals surface area contributed by atoms with Crippen molar-refractivity contribution in [3.63, 3.8) is 0 Å². The molecule has 4 rings (SSSR count). The Morgan fingerprint density at radius 2 is 1.79 bits per heavy atom. The van der Waals surface area contributed by atoms with E-state index in [9.17, 15) is 0 Å². The lowest BCUT2D eigenvalue weighted by molar-refractivity contribution is 0.564. The molecule has 29 heavy (non-hydrogen) atoms. The van der Waals surface area contributed by atoms with Gasteiger partial charge in [0.2, 0.25) is 0 Å². The molecule has 1 aliphatic heterocycles. The van der Waals surface area contributed by atoms with Gasteiger partial charge in [-0.15, -0.1) is 0 Å². The van der Waals surface area contributed by atoms with Crippen LogP contribution in [-0.2, 0) is 0 Å². The second-order valence-corrected chi connectivity index (χ2v) is 9.31. The SMILES string of the molecule is Cc1[nH]c(C)c(C2C(c3ccccn3)NC(=S)N2c2ccc(C(C)C)cc2)c1I. The second-order valence-electron chi connectivity index (χ2n) is 7.85. The lowest BCUT2D eigenvalue weighted by atomic mass is 9.96. The quantitative estimate of drug-likeness (QED) is 0.333. The van der Waals surface area contributed by atoms with Gasteiger partial charge in [0.25, 0.3) is 0 Å². The van der Waals surface area contributed by atoms with Crippen LogP contribution in [0.4, 0.5) is 5.69 Å². The van der Waals surface area contributed by atoms with E-state index in [1.165, 1.54) is 26.1 Å². The molecule has 6 heteroatoms. The number of aryl methyl sites for hydroxylation is 2. The van der Waals surface area contributed by atoms with Gasteiger partial charge in [0.1, 0.15) is 0 Å². The Hall–Kier alpha value is -1.93. The fourth-order valence-electron chi connectivity index (χ4n) is 4.07. The second kappa shape index (κ2) is 8.07. The van der Waals surface area contributed by atoms with Crippen LogP contribution in [-0.4, -0.2) is 15.1 Å². The van der Waals surface area contributed by atoms with Gasteiger partial charge < -0.3 is 15.2 Å². The molecule has 0 aliphatic carbocycles.